The van der Waals surface area contributed by atoms with Crippen LogP contribution in [0.1, 0.15) is 37.8 Å². The van der Waals surface area contributed by atoms with Gasteiger partial charge in [0.05, 0.1) is 6.54 Å². The maximum absolute atomic E-state index is 12.0. The van der Waals surface area contributed by atoms with Crippen molar-refractivity contribution < 1.29 is 19.1 Å². The number of furan rings is 1. The molecule has 2 N–H and O–H groups in total. The molecule has 0 fully saturated rings. The number of aromatic carboxylic acids is 1. The molecule has 2 rings (SSSR count). The van der Waals surface area contributed by atoms with Crippen molar-refractivity contribution in [2.24, 2.45) is 0 Å². The Labute approximate surface area is 126 Å². The normalized spacial score (nSPS) is 10.4. The fourth-order valence-electron chi connectivity index (χ4n) is 1.98. The average Bonchev–Trinajstić information content (AvgIpc) is 2.76. The van der Waals surface area contributed by atoms with Crippen LogP contribution in [0.5, 0.6) is 0 Å². The monoisotopic (exact) mass is 307 g/mol. The highest BCUT2D eigenvalue weighted by Crippen LogP contribution is 2.16. The van der Waals surface area contributed by atoms with Gasteiger partial charge in [0.15, 0.2) is 0 Å². The van der Waals surface area contributed by atoms with Crippen molar-refractivity contribution in [1.29, 1.82) is 0 Å². The van der Waals surface area contributed by atoms with Gasteiger partial charge in [-0.2, -0.15) is 0 Å². The van der Waals surface area contributed by atoms with Crippen LogP contribution in [-0.4, -0.2) is 17.0 Å². The maximum atomic E-state index is 12.0. The number of nitrogens with one attached hydrogen (secondary N) is 1. The van der Waals surface area contributed by atoms with Crippen molar-refractivity contribution in [3.8, 4) is 0 Å². The van der Waals surface area contributed by atoms with E-state index >= 15 is 0 Å². The lowest BCUT2D eigenvalue weighted by Gasteiger charge is -2.05. The fraction of sp³-hybridized carbons (Fsp3) is 0.200. The van der Waals surface area contributed by atoms with E-state index in [1.165, 1.54) is 6.07 Å². The first kappa shape index (κ1) is 15.1. The molecular formula is C15H14ClNO4. The number of halogens is 1. The summed E-state index contributed by atoms with van der Waals surface area (Å²) in [5.74, 6) is -0.659. The lowest BCUT2D eigenvalue weighted by Crippen LogP contribution is -2.22. The third-order valence-electron chi connectivity index (χ3n) is 2.93. The molecule has 0 unspecified atom stereocenters. The fourth-order valence-corrected chi connectivity index (χ4v) is 2.27. The van der Waals surface area contributed by atoms with E-state index in [4.69, 9.17) is 21.1 Å². The highest BCUT2D eigenvalue weighted by Gasteiger charge is 2.14. The highest BCUT2D eigenvalue weighted by atomic mass is 35.5. The van der Waals surface area contributed by atoms with Crippen molar-refractivity contribution >= 4 is 23.5 Å². The van der Waals surface area contributed by atoms with Gasteiger partial charge in [0.25, 0.3) is 5.91 Å². The molecule has 1 heterocycles. The number of carbonyl (C=O) groups is 2. The number of hydrogen-bond acceptors (Lipinski definition) is 3. The second-order valence-electron chi connectivity index (χ2n) is 4.69. The average molecular weight is 308 g/mol. The number of aryl methyl sites for hydroxylation is 2. The van der Waals surface area contributed by atoms with Crippen LogP contribution >= 0.6 is 11.6 Å². The number of carbonyl (C=O) groups excluding carboxylic acids is 1. The molecule has 0 aliphatic rings. The van der Waals surface area contributed by atoms with Gasteiger partial charge in [0.2, 0.25) is 0 Å². The van der Waals surface area contributed by atoms with Gasteiger partial charge in [-0.15, -0.1) is 0 Å². The molecule has 1 aromatic carbocycles. The minimum absolute atomic E-state index is 0.0952. The molecular weight excluding hydrogens is 294 g/mol. The second-order valence-corrected chi connectivity index (χ2v) is 5.12. The Morgan fingerprint density at radius 2 is 1.95 bits per heavy atom. The number of rotatable bonds is 4. The van der Waals surface area contributed by atoms with Gasteiger partial charge < -0.3 is 14.8 Å². The van der Waals surface area contributed by atoms with E-state index in [0.717, 1.165) is 5.56 Å². The summed E-state index contributed by atoms with van der Waals surface area (Å²) in [6, 6.07) is 6.45. The first-order valence-corrected chi connectivity index (χ1v) is 6.62. The van der Waals surface area contributed by atoms with Crippen molar-refractivity contribution in [3.05, 3.63) is 57.5 Å². The zero-order chi connectivity index (χ0) is 15.6. The molecule has 0 aliphatic carbocycles. The number of benzene rings is 1. The van der Waals surface area contributed by atoms with Crippen molar-refractivity contribution in [3.63, 3.8) is 0 Å². The molecule has 0 atom stereocenters. The third kappa shape index (κ3) is 3.64. The minimum atomic E-state index is -1.06. The first-order chi connectivity index (χ1) is 9.86. The van der Waals surface area contributed by atoms with Crippen LogP contribution in [0.25, 0.3) is 0 Å². The molecule has 0 radical (unpaired) electrons. The van der Waals surface area contributed by atoms with E-state index in [-0.39, 0.29) is 18.0 Å². The first-order valence-electron chi connectivity index (χ1n) is 6.25. The summed E-state index contributed by atoms with van der Waals surface area (Å²) < 4.78 is 5.29. The van der Waals surface area contributed by atoms with E-state index in [2.05, 4.69) is 5.32 Å². The van der Waals surface area contributed by atoms with Gasteiger partial charge >= 0.3 is 5.97 Å². The predicted molar refractivity (Wildman–Crippen MR) is 77.8 cm³/mol. The molecule has 5 nitrogen and oxygen atoms in total. The van der Waals surface area contributed by atoms with Gasteiger partial charge in [-0.3, -0.25) is 4.79 Å². The van der Waals surface area contributed by atoms with Crippen LogP contribution in [0.4, 0.5) is 0 Å². The standard InChI is InChI=1S/C15H14ClNO4/c1-8-3-10(5-11(16)4-8)14(18)17-7-12-6-13(15(19)20)9(2)21-12/h3-6H,7H2,1-2H3,(H,17,18)(H,19,20). The number of hydrogen-bond donors (Lipinski definition) is 2. The van der Waals surface area contributed by atoms with Gasteiger partial charge in [0.1, 0.15) is 17.1 Å². The summed E-state index contributed by atoms with van der Waals surface area (Å²) in [6.07, 6.45) is 0. The lowest BCUT2D eigenvalue weighted by atomic mass is 10.1. The van der Waals surface area contributed by atoms with Crippen LogP contribution in [0.3, 0.4) is 0 Å². The molecule has 21 heavy (non-hydrogen) atoms. The smallest absolute Gasteiger partial charge is 0.339 e. The minimum Gasteiger partial charge on any atom is -0.478 e. The largest absolute Gasteiger partial charge is 0.478 e. The molecule has 1 aromatic heterocycles. The van der Waals surface area contributed by atoms with Crippen molar-refractivity contribution in [1.82, 2.24) is 5.32 Å². The van der Waals surface area contributed by atoms with Gasteiger partial charge in [0, 0.05) is 10.6 Å². The Hall–Kier alpha value is -2.27. The summed E-state index contributed by atoms with van der Waals surface area (Å²) in [7, 11) is 0. The van der Waals surface area contributed by atoms with Crippen LogP contribution in [0.15, 0.2) is 28.7 Å². The number of amides is 1. The van der Waals surface area contributed by atoms with Crippen LogP contribution in [-0.2, 0) is 6.54 Å². The van der Waals surface area contributed by atoms with Gasteiger partial charge in [-0.05, 0) is 43.7 Å². The molecule has 1 amide bonds. The summed E-state index contributed by atoms with van der Waals surface area (Å²) in [5.41, 5.74) is 1.43. The number of carboxylic acids is 1. The molecule has 6 heteroatoms. The lowest BCUT2D eigenvalue weighted by molar-refractivity contribution is 0.0694. The molecule has 0 spiro atoms. The van der Waals surface area contributed by atoms with E-state index < -0.39 is 5.97 Å². The quantitative estimate of drug-likeness (QED) is 0.909. The topological polar surface area (TPSA) is 79.5 Å². The summed E-state index contributed by atoms with van der Waals surface area (Å²) in [4.78, 5) is 22.9. The van der Waals surface area contributed by atoms with E-state index in [1.54, 1.807) is 25.1 Å². The summed E-state index contributed by atoms with van der Waals surface area (Å²) in [5, 5.41) is 12.1. The van der Waals surface area contributed by atoms with E-state index in [1.807, 2.05) is 6.92 Å². The Morgan fingerprint density at radius 1 is 1.24 bits per heavy atom. The van der Waals surface area contributed by atoms with Gasteiger partial charge in [-0.1, -0.05) is 11.6 Å². The predicted octanol–water partition coefficient (Wildman–Crippen LogP) is 3.18. The van der Waals surface area contributed by atoms with E-state index in [0.29, 0.717) is 22.1 Å². The Morgan fingerprint density at radius 3 is 2.52 bits per heavy atom. The summed E-state index contributed by atoms with van der Waals surface area (Å²) in [6.45, 7) is 3.52. The molecule has 110 valence electrons. The Kier molecular flexibility index (Phi) is 4.33. The highest BCUT2D eigenvalue weighted by molar-refractivity contribution is 6.31. The van der Waals surface area contributed by atoms with Crippen molar-refractivity contribution in [2.45, 2.75) is 20.4 Å². The molecule has 2 aromatic rings. The van der Waals surface area contributed by atoms with Crippen molar-refractivity contribution in [2.75, 3.05) is 0 Å². The zero-order valence-electron chi connectivity index (χ0n) is 11.6. The Balaban J connectivity index is 2.07. The zero-order valence-corrected chi connectivity index (χ0v) is 12.3. The number of carboxylic acid groups (broad SMARTS) is 1. The van der Waals surface area contributed by atoms with E-state index in [9.17, 15) is 9.59 Å². The third-order valence-corrected chi connectivity index (χ3v) is 3.14. The van der Waals surface area contributed by atoms with Crippen LogP contribution < -0.4 is 5.32 Å². The molecule has 0 saturated carbocycles. The molecule has 0 bridgehead atoms. The second kappa shape index (κ2) is 6.01. The Bertz CT molecular complexity index is 685. The molecule has 0 aliphatic heterocycles. The maximum Gasteiger partial charge on any atom is 0.339 e. The van der Waals surface area contributed by atoms with Gasteiger partial charge in [-0.25, -0.2) is 4.79 Å². The van der Waals surface area contributed by atoms with Crippen LogP contribution in [0, 0.1) is 13.8 Å². The SMILES string of the molecule is Cc1cc(Cl)cc(C(=O)NCc2cc(C(=O)O)c(C)o2)c1. The van der Waals surface area contributed by atoms with Crippen LogP contribution in [0.2, 0.25) is 5.02 Å². The molecule has 0 saturated heterocycles. The summed E-state index contributed by atoms with van der Waals surface area (Å²) >= 11 is 5.91.